The van der Waals surface area contributed by atoms with E-state index in [0.717, 1.165) is 27.2 Å². The monoisotopic (exact) mass is 384 g/mol. The van der Waals surface area contributed by atoms with E-state index in [2.05, 4.69) is 9.71 Å². The summed E-state index contributed by atoms with van der Waals surface area (Å²) in [4.78, 5) is 5.53. The van der Waals surface area contributed by atoms with E-state index < -0.39 is 10.8 Å². The molecule has 1 aromatic carbocycles. The van der Waals surface area contributed by atoms with Gasteiger partial charge in [-0.15, -0.1) is 11.3 Å². The summed E-state index contributed by atoms with van der Waals surface area (Å²) < 4.78 is 26.3. The lowest BCUT2D eigenvalue weighted by molar-refractivity contribution is 0.171. The number of benzene rings is 1. The van der Waals surface area contributed by atoms with Gasteiger partial charge in [-0.05, 0) is 50.9 Å². The second-order valence-electron chi connectivity index (χ2n) is 6.26. The molecule has 0 spiro atoms. The van der Waals surface area contributed by atoms with Gasteiger partial charge in [0.2, 0.25) is 0 Å². The average molecular weight is 385 g/mol. The van der Waals surface area contributed by atoms with Crippen LogP contribution in [0.25, 0.3) is 0 Å². The molecule has 0 bridgehead atoms. The van der Waals surface area contributed by atoms with Crippen LogP contribution < -0.4 is 14.2 Å². The Morgan fingerprint density at radius 1 is 1.29 bits per heavy atom. The highest BCUT2D eigenvalue weighted by Crippen LogP contribution is 2.34. The van der Waals surface area contributed by atoms with E-state index in [1.165, 1.54) is 23.3 Å². The van der Waals surface area contributed by atoms with Gasteiger partial charge in [-0.1, -0.05) is 0 Å². The number of aromatic nitrogens is 1. The molecule has 0 saturated carbocycles. The van der Waals surface area contributed by atoms with E-state index in [1.54, 1.807) is 0 Å². The molecule has 2 heterocycles. The summed E-state index contributed by atoms with van der Waals surface area (Å²) >= 11 is 2.99. The van der Waals surface area contributed by atoms with Crippen molar-refractivity contribution >= 4 is 39.2 Å². The smallest absolute Gasteiger partial charge is 0.193 e. The van der Waals surface area contributed by atoms with Gasteiger partial charge in [0, 0.05) is 25.8 Å². The summed E-state index contributed by atoms with van der Waals surface area (Å²) in [6.07, 6.45) is 0. The van der Waals surface area contributed by atoms with Gasteiger partial charge < -0.3 is 14.2 Å². The van der Waals surface area contributed by atoms with Crippen molar-refractivity contribution in [2.24, 2.45) is 0 Å². The quantitative estimate of drug-likeness (QED) is 0.784. The molecular weight excluding hydrogens is 364 g/mol. The van der Waals surface area contributed by atoms with Gasteiger partial charge >= 0.3 is 0 Å². The van der Waals surface area contributed by atoms with Crippen molar-refractivity contribution in [3.63, 3.8) is 0 Å². The second-order valence-corrected chi connectivity index (χ2v) is 10.2. The lowest BCUT2D eigenvalue weighted by Crippen LogP contribution is -2.23. The minimum Gasteiger partial charge on any atom is -0.486 e. The highest BCUT2D eigenvalue weighted by Gasteiger charge is 2.20. The van der Waals surface area contributed by atoms with Crippen LogP contribution in [0.4, 0.5) is 5.13 Å². The molecule has 0 fully saturated rings. The molecule has 1 N–H and O–H groups in total. The van der Waals surface area contributed by atoms with Gasteiger partial charge in [-0.2, -0.15) is 0 Å². The molecule has 130 valence electrons. The molecule has 8 heteroatoms. The fraction of sp³-hybridized carbons (Fsp3) is 0.438. The maximum Gasteiger partial charge on any atom is 0.193 e. The van der Waals surface area contributed by atoms with Gasteiger partial charge in [0.05, 0.1) is 11.4 Å². The Morgan fingerprint density at radius 2 is 2.04 bits per heavy atom. The van der Waals surface area contributed by atoms with Gasteiger partial charge in [0.25, 0.3) is 0 Å². The van der Waals surface area contributed by atoms with Crippen LogP contribution in [0.5, 0.6) is 11.5 Å². The van der Waals surface area contributed by atoms with Crippen molar-refractivity contribution in [2.45, 2.75) is 36.2 Å². The van der Waals surface area contributed by atoms with Crippen molar-refractivity contribution < 1.29 is 13.7 Å². The summed E-state index contributed by atoms with van der Waals surface area (Å²) in [5, 5.41) is 2.76. The fourth-order valence-electron chi connectivity index (χ4n) is 1.96. The van der Waals surface area contributed by atoms with Crippen molar-refractivity contribution in [1.29, 1.82) is 0 Å². The molecule has 0 saturated heterocycles. The normalized spacial score (nSPS) is 15.1. The van der Waals surface area contributed by atoms with Crippen LogP contribution in [-0.2, 0) is 16.6 Å². The summed E-state index contributed by atoms with van der Waals surface area (Å²) in [7, 11) is -0.937. The molecular formula is C16H20N2O3S3. The minimum absolute atomic E-state index is 0.225. The second kappa shape index (κ2) is 7.33. The predicted molar refractivity (Wildman–Crippen MR) is 101 cm³/mol. The van der Waals surface area contributed by atoms with Crippen molar-refractivity contribution in [1.82, 2.24) is 4.98 Å². The number of ether oxygens (including phenoxy) is 2. The Balaban J connectivity index is 1.58. The largest absolute Gasteiger partial charge is 0.486 e. The zero-order valence-corrected chi connectivity index (χ0v) is 16.3. The molecule has 0 aliphatic carbocycles. The molecule has 1 aromatic heterocycles. The third kappa shape index (κ3) is 4.43. The number of rotatable bonds is 5. The summed E-state index contributed by atoms with van der Waals surface area (Å²) in [6, 6.07) is 5.85. The van der Waals surface area contributed by atoms with Crippen LogP contribution >= 0.6 is 23.3 Å². The standard InChI is InChI=1S/C16H20N2O3S3/c1-16(2,3)24(19)10-11-9-22-15(17-11)18-23-12-4-5-13-14(8-12)21-7-6-20-13/h4-5,8-9H,6-7,10H2,1-3H3,(H,17,18). The highest BCUT2D eigenvalue weighted by atomic mass is 32.2. The first-order valence-corrected chi connectivity index (χ1v) is 10.6. The number of anilines is 1. The van der Waals surface area contributed by atoms with Gasteiger partial charge in [0.15, 0.2) is 16.6 Å². The van der Waals surface area contributed by atoms with Gasteiger partial charge in [-0.25, -0.2) is 4.98 Å². The van der Waals surface area contributed by atoms with Crippen LogP contribution in [0.3, 0.4) is 0 Å². The summed E-state index contributed by atoms with van der Waals surface area (Å²) in [5.74, 6) is 2.04. The zero-order chi connectivity index (χ0) is 17.2. The van der Waals surface area contributed by atoms with Crippen LogP contribution in [0.1, 0.15) is 26.5 Å². The molecule has 1 aliphatic rings. The van der Waals surface area contributed by atoms with E-state index >= 15 is 0 Å². The molecule has 2 aromatic rings. The zero-order valence-electron chi connectivity index (χ0n) is 13.8. The Labute approximate surface area is 152 Å². The molecule has 0 amide bonds. The maximum atomic E-state index is 12.2. The van der Waals surface area contributed by atoms with E-state index in [0.29, 0.717) is 19.0 Å². The molecule has 1 atom stereocenters. The van der Waals surface area contributed by atoms with Crippen molar-refractivity contribution in [3.05, 3.63) is 29.3 Å². The van der Waals surface area contributed by atoms with E-state index in [9.17, 15) is 4.21 Å². The Kier molecular flexibility index (Phi) is 5.36. The first kappa shape index (κ1) is 17.6. The lowest BCUT2D eigenvalue weighted by atomic mass is 10.3. The number of hydrogen-bond donors (Lipinski definition) is 1. The summed E-state index contributed by atoms with van der Waals surface area (Å²) in [6.45, 7) is 7.11. The molecule has 5 nitrogen and oxygen atoms in total. The minimum atomic E-state index is -0.937. The SMILES string of the molecule is CC(C)(C)S(=O)Cc1csc(NSc2ccc3c(c2)OCCO3)n1. The number of fused-ring (bicyclic) bond motifs is 1. The lowest BCUT2D eigenvalue weighted by Gasteiger charge is -2.18. The van der Waals surface area contributed by atoms with Gasteiger partial charge in [0.1, 0.15) is 13.2 Å². The maximum absolute atomic E-state index is 12.2. The van der Waals surface area contributed by atoms with Crippen molar-refractivity contribution in [3.8, 4) is 11.5 Å². The Morgan fingerprint density at radius 3 is 2.79 bits per heavy atom. The van der Waals surface area contributed by atoms with E-state index in [4.69, 9.17) is 9.47 Å². The first-order chi connectivity index (χ1) is 11.4. The molecule has 24 heavy (non-hydrogen) atoms. The third-order valence-electron chi connectivity index (χ3n) is 3.28. The van der Waals surface area contributed by atoms with Crippen LogP contribution in [-0.4, -0.2) is 27.2 Å². The van der Waals surface area contributed by atoms with Crippen LogP contribution in [0.15, 0.2) is 28.5 Å². The molecule has 1 aliphatic heterocycles. The average Bonchev–Trinajstić information content (AvgIpc) is 2.99. The number of hydrogen-bond acceptors (Lipinski definition) is 7. The topological polar surface area (TPSA) is 60.5 Å². The number of nitrogens with one attached hydrogen (secondary N) is 1. The first-order valence-electron chi connectivity index (χ1n) is 7.57. The van der Waals surface area contributed by atoms with Gasteiger partial charge in [-0.3, -0.25) is 4.21 Å². The Hall–Kier alpha value is -1.25. The molecule has 3 rings (SSSR count). The van der Waals surface area contributed by atoms with Crippen molar-refractivity contribution in [2.75, 3.05) is 17.9 Å². The number of thiazole rings is 1. The van der Waals surface area contributed by atoms with Crippen LogP contribution in [0.2, 0.25) is 0 Å². The third-order valence-corrected chi connectivity index (χ3v) is 6.93. The van der Waals surface area contributed by atoms with Crippen LogP contribution in [0, 0.1) is 0 Å². The number of nitrogens with zero attached hydrogens (tertiary/aromatic N) is 1. The summed E-state index contributed by atoms with van der Waals surface area (Å²) in [5.41, 5.74) is 0.860. The highest BCUT2D eigenvalue weighted by molar-refractivity contribution is 8.00. The molecule has 1 unspecified atom stereocenters. The molecule has 0 radical (unpaired) electrons. The predicted octanol–water partition coefficient (Wildman–Crippen LogP) is 4.08. The Bertz CT molecular complexity index is 740. The van der Waals surface area contributed by atoms with E-state index in [1.807, 2.05) is 44.4 Å². The van der Waals surface area contributed by atoms with E-state index in [-0.39, 0.29) is 4.75 Å². The fourth-order valence-corrected chi connectivity index (χ4v) is 4.34.